The van der Waals surface area contributed by atoms with E-state index >= 15 is 0 Å². The first kappa shape index (κ1) is 17.6. The molecule has 3 heterocycles. The number of nitrogens with zero attached hydrogens (tertiary/aromatic N) is 5. The van der Waals surface area contributed by atoms with Crippen molar-refractivity contribution in [2.75, 3.05) is 0 Å². The van der Waals surface area contributed by atoms with E-state index in [-0.39, 0.29) is 11.1 Å². The van der Waals surface area contributed by atoms with E-state index in [1.54, 1.807) is 15.3 Å². The number of para-hydroxylation sites is 1. The van der Waals surface area contributed by atoms with Crippen LogP contribution in [0.4, 0.5) is 0 Å². The minimum Gasteiger partial charge on any atom is -0.282 e. The maximum Gasteiger partial charge on any atom is 0.285 e. The molecular formula is C22H16ClN5O. The topological polar surface area (TPSA) is 65.1 Å². The Bertz CT molecular complexity index is 1410. The Morgan fingerprint density at radius 2 is 1.72 bits per heavy atom. The Morgan fingerprint density at radius 3 is 2.45 bits per heavy atom. The number of rotatable bonds is 3. The third-order valence-electron chi connectivity index (χ3n) is 4.95. The summed E-state index contributed by atoms with van der Waals surface area (Å²) < 4.78 is 3.27. The zero-order valence-electron chi connectivity index (χ0n) is 15.6. The first-order chi connectivity index (χ1) is 14.2. The van der Waals surface area contributed by atoms with Crippen LogP contribution in [0.3, 0.4) is 0 Å². The van der Waals surface area contributed by atoms with Crippen LogP contribution in [0.25, 0.3) is 33.5 Å². The summed E-state index contributed by atoms with van der Waals surface area (Å²) in [5.74, 6) is 0. The molecule has 0 amide bonds. The second kappa shape index (κ2) is 6.83. The van der Waals surface area contributed by atoms with Crippen LogP contribution in [-0.4, -0.2) is 24.4 Å². The molecule has 7 heteroatoms. The Hall–Kier alpha value is -3.51. The summed E-state index contributed by atoms with van der Waals surface area (Å²) in [4.78, 5) is 13.0. The van der Waals surface area contributed by atoms with Gasteiger partial charge < -0.3 is 0 Å². The van der Waals surface area contributed by atoms with Crippen LogP contribution in [0.5, 0.6) is 0 Å². The van der Waals surface area contributed by atoms with Gasteiger partial charge in [0.05, 0.1) is 11.3 Å². The van der Waals surface area contributed by atoms with Crippen molar-refractivity contribution in [3.8, 4) is 16.8 Å². The van der Waals surface area contributed by atoms with Gasteiger partial charge in [-0.2, -0.15) is 5.10 Å². The summed E-state index contributed by atoms with van der Waals surface area (Å²) in [6.45, 7) is 2.04. The molecule has 0 unspecified atom stereocenters. The molecule has 0 N–H and O–H groups in total. The minimum absolute atomic E-state index is 0.232. The molecule has 0 spiro atoms. The SMILES string of the molecule is CCc1nn2c(nnc3c(=O)n(-c4ccccc4)ccc32)c1-c1ccc(Cl)cc1. The van der Waals surface area contributed by atoms with Gasteiger partial charge in [-0.25, -0.2) is 4.52 Å². The molecule has 0 atom stereocenters. The highest BCUT2D eigenvalue weighted by Crippen LogP contribution is 2.29. The summed E-state index contributed by atoms with van der Waals surface area (Å²) in [5, 5.41) is 14.1. The first-order valence-electron chi connectivity index (χ1n) is 9.28. The van der Waals surface area contributed by atoms with Crippen LogP contribution in [0.15, 0.2) is 71.7 Å². The molecule has 0 bridgehead atoms. The molecule has 2 aromatic carbocycles. The molecule has 0 radical (unpaired) electrons. The van der Waals surface area contributed by atoms with Gasteiger partial charge in [0, 0.05) is 16.9 Å². The van der Waals surface area contributed by atoms with Crippen molar-refractivity contribution in [1.29, 1.82) is 0 Å². The molecule has 0 aliphatic rings. The van der Waals surface area contributed by atoms with E-state index in [4.69, 9.17) is 16.7 Å². The molecule has 5 rings (SSSR count). The standard InChI is InChI=1S/C22H16ClN5O/c1-2-17-19(14-8-10-15(23)11-9-14)21-25-24-20-18(28(21)26-17)12-13-27(22(20)29)16-6-4-3-5-7-16/h3-13H,2H2,1H3. The molecule has 0 fully saturated rings. The highest BCUT2D eigenvalue weighted by Gasteiger charge is 2.18. The molecule has 0 saturated heterocycles. The van der Waals surface area contributed by atoms with E-state index in [2.05, 4.69) is 10.2 Å². The van der Waals surface area contributed by atoms with Gasteiger partial charge in [0.25, 0.3) is 5.56 Å². The van der Waals surface area contributed by atoms with Crippen LogP contribution < -0.4 is 5.56 Å². The molecule has 5 aromatic rings. The Labute approximate surface area is 171 Å². The molecule has 0 aliphatic heterocycles. The zero-order valence-corrected chi connectivity index (χ0v) is 16.3. The number of hydrogen-bond donors (Lipinski definition) is 0. The first-order valence-corrected chi connectivity index (χ1v) is 9.66. The van der Waals surface area contributed by atoms with E-state index in [0.717, 1.165) is 28.9 Å². The number of benzene rings is 2. The monoisotopic (exact) mass is 401 g/mol. The number of hydrogen-bond acceptors (Lipinski definition) is 4. The molecule has 0 aliphatic carbocycles. The minimum atomic E-state index is -0.232. The lowest BCUT2D eigenvalue weighted by molar-refractivity contribution is 0.886. The van der Waals surface area contributed by atoms with Gasteiger partial charge in [0.15, 0.2) is 11.2 Å². The van der Waals surface area contributed by atoms with E-state index in [9.17, 15) is 4.79 Å². The lowest BCUT2D eigenvalue weighted by Gasteiger charge is -2.07. The number of aromatic nitrogens is 5. The van der Waals surface area contributed by atoms with Gasteiger partial charge >= 0.3 is 0 Å². The third kappa shape index (κ3) is 2.80. The van der Waals surface area contributed by atoms with Crippen LogP contribution in [-0.2, 0) is 6.42 Å². The summed E-state index contributed by atoms with van der Waals surface area (Å²) in [6.07, 6.45) is 2.47. The van der Waals surface area contributed by atoms with Crippen molar-refractivity contribution in [2.24, 2.45) is 0 Å². The maximum atomic E-state index is 13.0. The second-order valence-corrected chi connectivity index (χ2v) is 7.11. The predicted octanol–water partition coefficient (Wildman–Crippen LogP) is 4.31. The maximum absolute atomic E-state index is 13.0. The largest absolute Gasteiger partial charge is 0.285 e. The van der Waals surface area contributed by atoms with Crippen LogP contribution in [0.2, 0.25) is 5.02 Å². The van der Waals surface area contributed by atoms with Gasteiger partial charge in [0.2, 0.25) is 0 Å². The fraction of sp³-hybridized carbons (Fsp3) is 0.0909. The molecule has 29 heavy (non-hydrogen) atoms. The predicted molar refractivity (Wildman–Crippen MR) is 114 cm³/mol. The number of fused-ring (bicyclic) bond motifs is 3. The van der Waals surface area contributed by atoms with Gasteiger partial charge in [-0.1, -0.05) is 48.9 Å². The highest BCUT2D eigenvalue weighted by molar-refractivity contribution is 6.30. The van der Waals surface area contributed by atoms with Crippen LogP contribution >= 0.6 is 11.6 Å². The van der Waals surface area contributed by atoms with Crippen LogP contribution in [0.1, 0.15) is 12.6 Å². The van der Waals surface area contributed by atoms with Crippen molar-refractivity contribution < 1.29 is 0 Å². The normalized spacial score (nSPS) is 11.4. The molecule has 3 aromatic heterocycles. The fourth-order valence-corrected chi connectivity index (χ4v) is 3.67. The second-order valence-electron chi connectivity index (χ2n) is 6.68. The summed E-state index contributed by atoms with van der Waals surface area (Å²) in [7, 11) is 0. The number of pyridine rings is 1. The Balaban J connectivity index is 1.79. The molecule has 0 saturated carbocycles. The van der Waals surface area contributed by atoms with Gasteiger partial charge in [-0.3, -0.25) is 9.36 Å². The van der Waals surface area contributed by atoms with E-state index in [0.29, 0.717) is 16.2 Å². The summed E-state index contributed by atoms with van der Waals surface area (Å²) in [5.41, 5.74) is 4.83. The average molecular weight is 402 g/mol. The van der Waals surface area contributed by atoms with Gasteiger partial charge in [0.1, 0.15) is 5.52 Å². The van der Waals surface area contributed by atoms with Gasteiger partial charge in [-0.05, 0) is 42.3 Å². The number of halogens is 1. The highest BCUT2D eigenvalue weighted by atomic mass is 35.5. The molecule has 142 valence electrons. The Kier molecular flexibility index (Phi) is 4.14. The van der Waals surface area contributed by atoms with E-state index < -0.39 is 0 Å². The quantitative estimate of drug-likeness (QED) is 0.452. The lowest BCUT2D eigenvalue weighted by Crippen LogP contribution is -2.20. The average Bonchev–Trinajstić information content (AvgIpc) is 3.14. The van der Waals surface area contributed by atoms with Crippen molar-refractivity contribution in [3.05, 3.63) is 87.9 Å². The number of aryl methyl sites for hydroxylation is 1. The zero-order chi connectivity index (χ0) is 20.0. The molecule has 6 nitrogen and oxygen atoms in total. The van der Waals surface area contributed by atoms with Crippen LogP contribution in [0, 0.1) is 0 Å². The lowest BCUT2D eigenvalue weighted by atomic mass is 10.0. The fourth-order valence-electron chi connectivity index (χ4n) is 3.54. The van der Waals surface area contributed by atoms with Crippen molar-refractivity contribution >= 4 is 28.3 Å². The third-order valence-corrected chi connectivity index (χ3v) is 5.21. The van der Waals surface area contributed by atoms with E-state index in [1.165, 1.54) is 0 Å². The summed E-state index contributed by atoms with van der Waals surface area (Å²) in [6, 6.07) is 18.9. The Morgan fingerprint density at radius 1 is 0.966 bits per heavy atom. The van der Waals surface area contributed by atoms with Crippen molar-refractivity contribution in [3.63, 3.8) is 0 Å². The van der Waals surface area contributed by atoms with E-state index in [1.807, 2.05) is 67.6 Å². The van der Waals surface area contributed by atoms with Crippen molar-refractivity contribution in [2.45, 2.75) is 13.3 Å². The smallest absolute Gasteiger partial charge is 0.282 e. The van der Waals surface area contributed by atoms with Gasteiger partial charge in [-0.15, -0.1) is 10.2 Å². The summed E-state index contributed by atoms with van der Waals surface area (Å²) >= 11 is 6.04. The molecular weight excluding hydrogens is 386 g/mol. The van der Waals surface area contributed by atoms with Crippen molar-refractivity contribution in [1.82, 2.24) is 24.4 Å².